The zero-order valence-electron chi connectivity index (χ0n) is 15.4. The number of nitrogens with zero attached hydrogens (tertiary/aromatic N) is 1. The Morgan fingerprint density at radius 1 is 1.11 bits per heavy atom. The summed E-state index contributed by atoms with van der Waals surface area (Å²) in [5.74, 6) is -0.817. The zero-order chi connectivity index (χ0) is 20.6. The first-order valence-electron chi connectivity index (χ1n) is 8.90. The van der Waals surface area contributed by atoms with Crippen LogP contribution in [0.1, 0.15) is 58.7 Å². The van der Waals surface area contributed by atoms with Gasteiger partial charge < -0.3 is 5.32 Å². The molecule has 2 aromatic rings. The number of Topliss-reactive ketones (excluding diaryl/α,β-unsaturated/α-hetero) is 1. The summed E-state index contributed by atoms with van der Waals surface area (Å²) >= 11 is 0. The number of aromatic nitrogens is 1. The van der Waals surface area contributed by atoms with Crippen molar-refractivity contribution in [2.45, 2.75) is 45.3 Å². The highest BCUT2D eigenvalue weighted by Crippen LogP contribution is 2.30. The molecule has 1 aliphatic rings. The first-order chi connectivity index (χ1) is 13.1. The molecule has 148 valence electrons. The van der Waals surface area contributed by atoms with Crippen LogP contribution in [0.5, 0.6) is 0 Å². The van der Waals surface area contributed by atoms with Crippen molar-refractivity contribution < 1.29 is 22.8 Å². The minimum atomic E-state index is -4.50. The van der Waals surface area contributed by atoms with Crippen LogP contribution < -0.4 is 10.9 Å². The molecule has 1 aromatic carbocycles. The van der Waals surface area contributed by atoms with Gasteiger partial charge in [0.15, 0.2) is 5.78 Å². The average molecular weight is 392 g/mol. The number of hydrogen-bond donors (Lipinski definition) is 1. The smallest absolute Gasteiger partial charge is 0.350 e. The van der Waals surface area contributed by atoms with Crippen LogP contribution in [-0.4, -0.2) is 22.3 Å². The van der Waals surface area contributed by atoms with Crippen molar-refractivity contribution in [1.29, 1.82) is 0 Å². The van der Waals surface area contributed by atoms with Gasteiger partial charge in [0.25, 0.3) is 11.5 Å². The van der Waals surface area contributed by atoms with Gasteiger partial charge in [-0.3, -0.25) is 19.0 Å². The number of carbonyl (C=O) groups excluding carboxylic acids is 2. The van der Waals surface area contributed by atoms with E-state index >= 15 is 0 Å². The normalized spacial score (nSPS) is 14.1. The van der Waals surface area contributed by atoms with E-state index in [0.29, 0.717) is 25.0 Å². The monoisotopic (exact) mass is 392 g/mol. The van der Waals surface area contributed by atoms with Crippen LogP contribution in [0.15, 0.2) is 35.1 Å². The summed E-state index contributed by atoms with van der Waals surface area (Å²) < 4.78 is 39.7. The lowest BCUT2D eigenvalue weighted by molar-refractivity contribution is -0.137. The van der Waals surface area contributed by atoms with Crippen molar-refractivity contribution in [2.75, 3.05) is 0 Å². The Morgan fingerprint density at radius 2 is 1.75 bits per heavy atom. The topological polar surface area (TPSA) is 68.2 Å². The van der Waals surface area contributed by atoms with Crippen molar-refractivity contribution in [3.63, 3.8) is 0 Å². The number of carbonyl (C=O) groups is 2. The number of ketones is 1. The molecule has 0 bridgehead atoms. The number of benzene rings is 1. The Morgan fingerprint density at radius 3 is 2.32 bits per heavy atom. The second-order valence-electron chi connectivity index (χ2n) is 7.01. The molecule has 8 heteroatoms. The summed E-state index contributed by atoms with van der Waals surface area (Å²) in [5.41, 5.74) is -0.846. The molecule has 0 saturated heterocycles. The maximum atomic E-state index is 13.0. The second kappa shape index (κ2) is 7.26. The Balaban J connectivity index is 2.22. The fourth-order valence-corrected chi connectivity index (χ4v) is 3.27. The van der Waals surface area contributed by atoms with E-state index in [1.165, 1.54) is 22.8 Å². The summed E-state index contributed by atoms with van der Waals surface area (Å²) in [6.45, 7) is 3.46. The predicted molar refractivity (Wildman–Crippen MR) is 96.9 cm³/mol. The molecule has 1 aromatic heterocycles. The molecule has 0 aliphatic heterocycles. The summed E-state index contributed by atoms with van der Waals surface area (Å²) in [6, 6.07) is 5.18. The quantitative estimate of drug-likeness (QED) is 0.869. The standard InChI is InChI=1S/C20H19F3N2O3/c1-11(2)24-18(27)15-10-14-16(4-3-5-17(14)26)25(19(15)28)13-8-6-12(7-9-13)20(21,22)23/h6-11H,3-5H2,1-2H3,(H,24,27). The van der Waals surface area contributed by atoms with Crippen LogP contribution in [0.25, 0.3) is 5.69 Å². The maximum absolute atomic E-state index is 13.0. The van der Waals surface area contributed by atoms with E-state index in [1.807, 2.05) is 0 Å². The Bertz CT molecular complexity index is 989. The molecule has 1 aliphatic carbocycles. The molecule has 1 amide bonds. The molecule has 0 atom stereocenters. The highest BCUT2D eigenvalue weighted by atomic mass is 19.4. The number of hydrogen-bond acceptors (Lipinski definition) is 3. The van der Waals surface area contributed by atoms with Crippen LogP contribution in [-0.2, 0) is 12.6 Å². The van der Waals surface area contributed by atoms with Crippen molar-refractivity contribution in [1.82, 2.24) is 9.88 Å². The van der Waals surface area contributed by atoms with Crippen LogP contribution >= 0.6 is 0 Å². The molecule has 0 radical (unpaired) electrons. The van der Waals surface area contributed by atoms with Crippen molar-refractivity contribution in [3.05, 3.63) is 63.1 Å². The Labute approximate surface area is 159 Å². The van der Waals surface area contributed by atoms with Crippen molar-refractivity contribution in [3.8, 4) is 5.69 Å². The third kappa shape index (κ3) is 3.72. The lowest BCUT2D eigenvalue weighted by Crippen LogP contribution is -2.38. The first-order valence-corrected chi connectivity index (χ1v) is 8.90. The largest absolute Gasteiger partial charge is 0.416 e. The lowest BCUT2D eigenvalue weighted by atomic mass is 9.92. The molecular weight excluding hydrogens is 373 g/mol. The van der Waals surface area contributed by atoms with E-state index in [2.05, 4.69) is 5.32 Å². The number of fused-ring (bicyclic) bond motifs is 1. The molecular formula is C20H19F3N2O3. The van der Waals surface area contributed by atoms with E-state index in [1.54, 1.807) is 13.8 Å². The second-order valence-corrected chi connectivity index (χ2v) is 7.01. The van der Waals surface area contributed by atoms with E-state index in [-0.39, 0.29) is 28.6 Å². The van der Waals surface area contributed by atoms with Crippen LogP contribution in [0.2, 0.25) is 0 Å². The van der Waals surface area contributed by atoms with E-state index in [0.717, 1.165) is 12.1 Å². The first kappa shape index (κ1) is 19.9. The van der Waals surface area contributed by atoms with Crippen molar-refractivity contribution in [2.24, 2.45) is 0 Å². The summed E-state index contributed by atoms with van der Waals surface area (Å²) in [6.07, 6.45) is -3.26. The van der Waals surface area contributed by atoms with Gasteiger partial charge in [-0.05, 0) is 57.0 Å². The van der Waals surface area contributed by atoms with E-state index in [9.17, 15) is 27.6 Å². The van der Waals surface area contributed by atoms with Gasteiger partial charge in [-0.2, -0.15) is 13.2 Å². The van der Waals surface area contributed by atoms with Crippen molar-refractivity contribution >= 4 is 11.7 Å². The molecule has 0 spiro atoms. The number of nitrogens with one attached hydrogen (secondary N) is 1. The number of pyridine rings is 1. The summed E-state index contributed by atoms with van der Waals surface area (Å²) in [7, 11) is 0. The third-order valence-corrected chi connectivity index (χ3v) is 4.54. The predicted octanol–water partition coefficient (Wildman–Crippen LogP) is 3.51. The SMILES string of the molecule is CC(C)NC(=O)c1cc2c(n(-c3ccc(C(F)(F)F)cc3)c1=O)CCCC2=O. The highest BCUT2D eigenvalue weighted by Gasteiger charge is 2.31. The highest BCUT2D eigenvalue weighted by molar-refractivity contribution is 6.02. The molecule has 1 heterocycles. The van der Waals surface area contributed by atoms with E-state index in [4.69, 9.17) is 0 Å². The van der Waals surface area contributed by atoms with Gasteiger partial charge in [0, 0.05) is 29.4 Å². The van der Waals surface area contributed by atoms with E-state index < -0.39 is 23.2 Å². The van der Waals surface area contributed by atoms with Crippen LogP contribution in [0, 0.1) is 0 Å². The number of amides is 1. The fraction of sp³-hybridized carbons (Fsp3) is 0.350. The molecule has 0 saturated carbocycles. The number of rotatable bonds is 3. The minimum absolute atomic E-state index is 0.183. The lowest BCUT2D eigenvalue weighted by Gasteiger charge is -2.22. The molecule has 1 N–H and O–H groups in total. The van der Waals surface area contributed by atoms with Gasteiger partial charge in [-0.15, -0.1) is 0 Å². The minimum Gasteiger partial charge on any atom is -0.350 e. The molecule has 0 fully saturated rings. The van der Waals surface area contributed by atoms with Crippen LogP contribution in [0.3, 0.4) is 0 Å². The van der Waals surface area contributed by atoms with Gasteiger partial charge in [-0.25, -0.2) is 0 Å². The molecule has 5 nitrogen and oxygen atoms in total. The average Bonchev–Trinajstić information content (AvgIpc) is 2.60. The zero-order valence-corrected chi connectivity index (χ0v) is 15.4. The summed E-state index contributed by atoms with van der Waals surface area (Å²) in [4.78, 5) is 37.8. The van der Waals surface area contributed by atoms with Gasteiger partial charge in [0.05, 0.1) is 5.56 Å². The molecule has 28 heavy (non-hydrogen) atoms. The summed E-state index contributed by atoms with van der Waals surface area (Å²) in [5, 5.41) is 2.62. The maximum Gasteiger partial charge on any atom is 0.416 e. The fourth-order valence-electron chi connectivity index (χ4n) is 3.27. The third-order valence-electron chi connectivity index (χ3n) is 4.54. The van der Waals surface area contributed by atoms with Gasteiger partial charge >= 0.3 is 6.18 Å². The molecule has 0 unspecified atom stereocenters. The van der Waals surface area contributed by atoms with Crippen LogP contribution in [0.4, 0.5) is 13.2 Å². The molecule has 3 rings (SSSR count). The Kier molecular flexibility index (Phi) is 5.14. The number of halogens is 3. The van der Waals surface area contributed by atoms with Gasteiger partial charge in [0.2, 0.25) is 0 Å². The number of alkyl halides is 3. The Hall–Kier alpha value is -2.90. The van der Waals surface area contributed by atoms with Gasteiger partial charge in [0.1, 0.15) is 5.56 Å². The van der Waals surface area contributed by atoms with Gasteiger partial charge in [-0.1, -0.05) is 0 Å².